The largest absolute Gasteiger partial charge is 0.330 e. The van der Waals surface area contributed by atoms with Crippen LogP contribution in [0.4, 0.5) is 0 Å². The first kappa shape index (κ1) is 8.72. The van der Waals surface area contributed by atoms with E-state index >= 15 is 0 Å². The molecule has 0 saturated carbocycles. The number of nitrogens with zero attached hydrogens (tertiary/aromatic N) is 2. The summed E-state index contributed by atoms with van der Waals surface area (Å²) >= 11 is 3.47. The minimum absolute atomic E-state index is 0.640. The molecule has 0 aliphatic rings. The highest BCUT2D eigenvalue weighted by Gasteiger charge is 2.02. The maximum atomic E-state index is 5.46. The van der Waals surface area contributed by atoms with Crippen molar-refractivity contribution in [2.75, 3.05) is 6.54 Å². The monoisotopic (exact) mass is 239 g/mol. The van der Waals surface area contributed by atoms with Crippen LogP contribution in [0.25, 0.3) is 5.52 Å². The smallest absolute Gasteiger partial charge is 0.0806 e. The van der Waals surface area contributed by atoms with Crippen molar-refractivity contribution in [3.05, 3.63) is 34.6 Å². The minimum Gasteiger partial charge on any atom is -0.330 e. The Labute approximate surface area is 84.7 Å². The summed E-state index contributed by atoms with van der Waals surface area (Å²) in [6.45, 7) is 0.640. The first-order valence-corrected chi connectivity index (χ1v) is 4.93. The maximum Gasteiger partial charge on any atom is 0.0806 e. The fraction of sp³-hybridized carbons (Fsp3) is 0.222. The Hall–Kier alpha value is -0.870. The normalized spacial score (nSPS) is 10.9. The van der Waals surface area contributed by atoms with Crippen LogP contribution in [0, 0.1) is 0 Å². The van der Waals surface area contributed by atoms with Gasteiger partial charge in [0.25, 0.3) is 0 Å². The molecule has 13 heavy (non-hydrogen) atoms. The summed E-state index contributed by atoms with van der Waals surface area (Å²) in [6, 6.07) is 6.01. The lowest BCUT2D eigenvalue weighted by atomic mass is 10.3. The number of nitrogens with two attached hydrogens (primary N) is 1. The molecule has 0 radical (unpaired) electrons. The van der Waals surface area contributed by atoms with Gasteiger partial charge in [0.1, 0.15) is 0 Å². The van der Waals surface area contributed by atoms with E-state index in [0.29, 0.717) is 6.54 Å². The summed E-state index contributed by atoms with van der Waals surface area (Å²) in [6.07, 6.45) is 2.76. The third-order valence-electron chi connectivity index (χ3n) is 1.90. The van der Waals surface area contributed by atoms with Gasteiger partial charge in [0.15, 0.2) is 0 Å². The van der Waals surface area contributed by atoms with E-state index in [2.05, 4.69) is 27.1 Å². The quantitative estimate of drug-likeness (QED) is 0.866. The molecule has 68 valence electrons. The first-order chi connectivity index (χ1) is 6.31. The lowest BCUT2D eigenvalue weighted by Crippen LogP contribution is -2.03. The first-order valence-electron chi connectivity index (χ1n) is 4.14. The van der Waals surface area contributed by atoms with Gasteiger partial charge in [0.05, 0.1) is 11.2 Å². The molecule has 4 heteroatoms. The fourth-order valence-electron chi connectivity index (χ4n) is 1.30. The molecule has 0 atom stereocenters. The lowest BCUT2D eigenvalue weighted by Gasteiger charge is -1.92. The van der Waals surface area contributed by atoms with Crippen LogP contribution in [0.3, 0.4) is 0 Å². The second-order valence-corrected chi connectivity index (χ2v) is 3.71. The van der Waals surface area contributed by atoms with Crippen LogP contribution in [0.2, 0.25) is 0 Å². The SMILES string of the molecule is NCCc1cc2c(Br)cccn2n1. The molecule has 2 rings (SSSR count). The average molecular weight is 240 g/mol. The standard InChI is InChI=1S/C9H10BrN3/c10-8-2-1-5-13-9(8)6-7(12-13)3-4-11/h1-2,5-6H,3-4,11H2. The predicted molar refractivity (Wildman–Crippen MR) is 55.7 cm³/mol. The van der Waals surface area contributed by atoms with E-state index in [4.69, 9.17) is 5.73 Å². The third kappa shape index (κ3) is 1.59. The Morgan fingerprint density at radius 1 is 1.54 bits per heavy atom. The Morgan fingerprint density at radius 2 is 2.38 bits per heavy atom. The molecule has 0 spiro atoms. The van der Waals surface area contributed by atoms with Crippen molar-refractivity contribution in [3.8, 4) is 0 Å². The number of rotatable bonds is 2. The zero-order valence-corrected chi connectivity index (χ0v) is 8.66. The van der Waals surface area contributed by atoms with Crippen LogP contribution >= 0.6 is 15.9 Å². The maximum absolute atomic E-state index is 5.46. The van der Waals surface area contributed by atoms with Gasteiger partial charge in [-0.3, -0.25) is 0 Å². The van der Waals surface area contributed by atoms with Crippen LogP contribution in [0.1, 0.15) is 5.69 Å². The van der Waals surface area contributed by atoms with Gasteiger partial charge in [-0.2, -0.15) is 5.10 Å². The predicted octanol–water partition coefficient (Wildman–Crippen LogP) is 1.60. The molecule has 0 unspecified atom stereocenters. The molecule has 0 bridgehead atoms. The van der Waals surface area contributed by atoms with Gasteiger partial charge in [0, 0.05) is 17.1 Å². The number of pyridine rings is 1. The fourth-order valence-corrected chi connectivity index (χ4v) is 1.75. The van der Waals surface area contributed by atoms with E-state index in [1.807, 2.05) is 22.8 Å². The Morgan fingerprint density at radius 3 is 3.08 bits per heavy atom. The number of hydrogen-bond donors (Lipinski definition) is 1. The average Bonchev–Trinajstić information content (AvgIpc) is 2.49. The molecule has 0 fully saturated rings. The van der Waals surface area contributed by atoms with Crippen LogP contribution < -0.4 is 5.73 Å². The van der Waals surface area contributed by atoms with Gasteiger partial charge in [-0.1, -0.05) is 0 Å². The molecule has 0 saturated heterocycles. The highest BCUT2D eigenvalue weighted by atomic mass is 79.9. The van der Waals surface area contributed by atoms with Crippen molar-refractivity contribution in [3.63, 3.8) is 0 Å². The second kappa shape index (κ2) is 3.47. The van der Waals surface area contributed by atoms with Crippen molar-refractivity contribution in [2.45, 2.75) is 6.42 Å². The van der Waals surface area contributed by atoms with E-state index in [-0.39, 0.29) is 0 Å². The Bertz CT molecular complexity index is 422. The van der Waals surface area contributed by atoms with Gasteiger partial charge >= 0.3 is 0 Å². The highest BCUT2D eigenvalue weighted by Crippen LogP contribution is 2.18. The van der Waals surface area contributed by atoms with Crippen LogP contribution in [-0.2, 0) is 6.42 Å². The van der Waals surface area contributed by atoms with Crippen molar-refractivity contribution >= 4 is 21.4 Å². The Kier molecular flexibility index (Phi) is 2.33. The summed E-state index contributed by atoms with van der Waals surface area (Å²) in [5.41, 5.74) is 7.58. The molecule has 0 aromatic carbocycles. The molecule has 0 amide bonds. The Balaban J connectivity index is 2.55. The van der Waals surface area contributed by atoms with Crippen LogP contribution in [0.15, 0.2) is 28.9 Å². The molecule has 2 aromatic rings. The number of fused-ring (bicyclic) bond motifs is 1. The molecule has 3 nitrogen and oxygen atoms in total. The second-order valence-electron chi connectivity index (χ2n) is 2.86. The third-order valence-corrected chi connectivity index (χ3v) is 2.57. The molecular formula is C9H10BrN3. The van der Waals surface area contributed by atoms with Gasteiger partial charge < -0.3 is 5.73 Å². The van der Waals surface area contributed by atoms with Crippen molar-refractivity contribution in [2.24, 2.45) is 5.73 Å². The van der Waals surface area contributed by atoms with E-state index in [0.717, 1.165) is 22.1 Å². The number of hydrogen-bond acceptors (Lipinski definition) is 2. The van der Waals surface area contributed by atoms with E-state index in [1.165, 1.54) is 0 Å². The molecular weight excluding hydrogens is 230 g/mol. The summed E-state index contributed by atoms with van der Waals surface area (Å²) in [5, 5.41) is 4.37. The van der Waals surface area contributed by atoms with E-state index in [1.54, 1.807) is 0 Å². The van der Waals surface area contributed by atoms with Gasteiger partial charge in [-0.25, -0.2) is 4.52 Å². The summed E-state index contributed by atoms with van der Waals surface area (Å²) in [4.78, 5) is 0. The highest BCUT2D eigenvalue weighted by molar-refractivity contribution is 9.10. The van der Waals surface area contributed by atoms with Crippen LogP contribution in [0.5, 0.6) is 0 Å². The van der Waals surface area contributed by atoms with E-state index < -0.39 is 0 Å². The molecule has 2 N–H and O–H groups in total. The van der Waals surface area contributed by atoms with Crippen molar-refractivity contribution < 1.29 is 0 Å². The zero-order valence-electron chi connectivity index (χ0n) is 7.07. The summed E-state index contributed by atoms with van der Waals surface area (Å²) in [7, 11) is 0. The molecule has 2 aromatic heterocycles. The summed E-state index contributed by atoms with van der Waals surface area (Å²) < 4.78 is 2.92. The van der Waals surface area contributed by atoms with Crippen molar-refractivity contribution in [1.29, 1.82) is 0 Å². The molecule has 0 aliphatic carbocycles. The van der Waals surface area contributed by atoms with Gasteiger partial charge in [-0.05, 0) is 40.7 Å². The molecule has 0 aliphatic heterocycles. The topological polar surface area (TPSA) is 43.3 Å². The number of aromatic nitrogens is 2. The number of halogens is 1. The van der Waals surface area contributed by atoms with E-state index in [9.17, 15) is 0 Å². The summed E-state index contributed by atoms with van der Waals surface area (Å²) in [5.74, 6) is 0. The molecule has 2 heterocycles. The zero-order chi connectivity index (χ0) is 9.26. The minimum atomic E-state index is 0.640. The lowest BCUT2D eigenvalue weighted by molar-refractivity contribution is 0.860. The van der Waals surface area contributed by atoms with Crippen molar-refractivity contribution in [1.82, 2.24) is 9.61 Å². The van der Waals surface area contributed by atoms with Gasteiger partial charge in [-0.15, -0.1) is 0 Å². The van der Waals surface area contributed by atoms with Gasteiger partial charge in [0.2, 0.25) is 0 Å². The van der Waals surface area contributed by atoms with Crippen LogP contribution in [-0.4, -0.2) is 16.2 Å².